The molecule has 3 N–H and O–H groups in total. The molecule has 4 heterocycles. The summed E-state index contributed by atoms with van der Waals surface area (Å²) < 4.78 is 3.25. The van der Waals surface area contributed by atoms with Gasteiger partial charge in [-0.2, -0.15) is 15.0 Å². The maximum Gasteiger partial charge on any atom is 0.164 e. The lowest BCUT2D eigenvalue weighted by atomic mass is 10.0. The van der Waals surface area contributed by atoms with Gasteiger partial charge in [-0.1, -0.05) is 5.21 Å². The van der Waals surface area contributed by atoms with Crippen LogP contribution in [0.5, 0.6) is 0 Å². The van der Waals surface area contributed by atoms with E-state index in [-0.39, 0.29) is 12.6 Å². The van der Waals surface area contributed by atoms with Crippen molar-refractivity contribution in [3.8, 4) is 17.6 Å². The van der Waals surface area contributed by atoms with Gasteiger partial charge in [0.1, 0.15) is 11.8 Å². The van der Waals surface area contributed by atoms with Crippen LogP contribution in [0.25, 0.3) is 22.5 Å². The maximum atomic E-state index is 10.0. The summed E-state index contributed by atoms with van der Waals surface area (Å²) in [6.07, 6.45) is 7.46. The van der Waals surface area contributed by atoms with E-state index in [0.29, 0.717) is 41.3 Å². The van der Waals surface area contributed by atoms with Crippen LogP contribution in [0.3, 0.4) is 0 Å². The highest BCUT2D eigenvalue weighted by molar-refractivity contribution is 5.77. The van der Waals surface area contributed by atoms with E-state index < -0.39 is 5.60 Å². The van der Waals surface area contributed by atoms with E-state index in [2.05, 4.69) is 36.8 Å². The van der Waals surface area contributed by atoms with Crippen molar-refractivity contribution in [2.75, 3.05) is 11.9 Å². The third-order valence-electron chi connectivity index (χ3n) is 5.11. The summed E-state index contributed by atoms with van der Waals surface area (Å²) in [5, 5.41) is 45.3. The van der Waals surface area contributed by atoms with E-state index in [1.54, 1.807) is 40.9 Å². The average Bonchev–Trinajstić information content (AvgIpc) is 3.44. The Balaban J connectivity index is 1.68. The number of nitrogens with zero attached hydrogens (tertiary/aromatic N) is 8. The van der Waals surface area contributed by atoms with E-state index >= 15 is 0 Å². The van der Waals surface area contributed by atoms with Gasteiger partial charge in [0.15, 0.2) is 11.5 Å². The van der Waals surface area contributed by atoms with Gasteiger partial charge in [0.05, 0.1) is 47.7 Å². The second-order valence-electron chi connectivity index (χ2n) is 8.47. The Morgan fingerprint density at radius 3 is 2.76 bits per heavy atom. The Hall–Kier alpha value is -3.88. The first-order valence-corrected chi connectivity index (χ1v) is 10.6. The van der Waals surface area contributed by atoms with Gasteiger partial charge in [-0.25, -0.2) is 14.6 Å². The smallest absolute Gasteiger partial charge is 0.164 e. The molecular weight excluding hydrogens is 422 g/mol. The number of nitrogens with one attached hydrogen (secondary N) is 1. The molecule has 0 aliphatic carbocycles. The lowest BCUT2D eigenvalue weighted by Crippen LogP contribution is -2.29. The first-order chi connectivity index (χ1) is 15.8. The summed E-state index contributed by atoms with van der Waals surface area (Å²) >= 11 is 0. The molecular formula is C22H25N9O2. The molecule has 0 aliphatic heterocycles. The number of aryl methyl sites for hydroxylation is 1. The number of anilines is 1. The van der Waals surface area contributed by atoms with Crippen LogP contribution in [0.2, 0.25) is 0 Å². The van der Waals surface area contributed by atoms with Gasteiger partial charge < -0.3 is 15.5 Å². The number of pyridine rings is 2. The predicted octanol–water partition coefficient (Wildman–Crippen LogP) is 1.76. The van der Waals surface area contributed by atoms with Crippen LogP contribution < -0.4 is 5.32 Å². The van der Waals surface area contributed by atoms with E-state index in [1.807, 2.05) is 19.9 Å². The van der Waals surface area contributed by atoms with Crippen LogP contribution in [0.1, 0.15) is 38.4 Å². The predicted molar refractivity (Wildman–Crippen MR) is 121 cm³/mol. The Morgan fingerprint density at radius 2 is 2.03 bits per heavy atom. The summed E-state index contributed by atoms with van der Waals surface area (Å²) in [6.45, 7) is 5.33. The highest BCUT2D eigenvalue weighted by Crippen LogP contribution is 2.25. The Labute approximate surface area is 190 Å². The second-order valence-corrected chi connectivity index (χ2v) is 8.47. The van der Waals surface area contributed by atoms with E-state index in [1.165, 1.54) is 6.20 Å². The Bertz CT molecular complexity index is 1320. The molecule has 0 aliphatic rings. The van der Waals surface area contributed by atoms with Gasteiger partial charge in [0.25, 0.3) is 0 Å². The van der Waals surface area contributed by atoms with E-state index in [4.69, 9.17) is 5.26 Å². The van der Waals surface area contributed by atoms with Gasteiger partial charge in [-0.3, -0.25) is 0 Å². The lowest BCUT2D eigenvalue weighted by molar-refractivity contribution is -0.00492. The van der Waals surface area contributed by atoms with Gasteiger partial charge in [-0.05, 0) is 39.7 Å². The Kier molecular flexibility index (Phi) is 6.04. The first-order valence-electron chi connectivity index (χ1n) is 10.6. The molecule has 0 fully saturated rings. The van der Waals surface area contributed by atoms with E-state index in [9.17, 15) is 10.2 Å². The molecule has 0 spiro atoms. The summed E-state index contributed by atoms with van der Waals surface area (Å²) in [4.78, 5) is 8.92. The number of rotatable bonds is 8. The van der Waals surface area contributed by atoms with Crippen molar-refractivity contribution in [3.05, 3.63) is 48.2 Å². The molecule has 1 unspecified atom stereocenters. The van der Waals surface area contributed by atoms with Gasteiger partial charge in [0, 0.05) is 23.7 Å². The number of hydrogen-bond donors (Lipinski definition) is 3. The van der Waals surface area contributed by atoms with Gasteiger partial charge >= 0.3 is 0 Å². The molecule has 4 rings (SSSR count). The molecule has 1 atom stereocenters. The topological polar surface area (TPSA) is 151 Å². The van der Waals surface area contributed by atoms with E-state index in [0.717, 1.165) is 11.1 Å². The van der Waals surface area contributed by atoms with Crippen molar-refractivity contribution >= 4 is 16.7 Å². The molecule has 170 valence electrons. The van der Waals surface area contributed by atoms with Crippen LogP contribution in [-0.2, 0) is 6.42 Å². The molecule has 4 aromatic rings. The summed E-state index contributed by atoms with van der Waals surface area (Å²) in [5.74, 6) is 0.563. The molecule has 0 saturated heterocycles. The highest BCUT2D eigenvalue weighted by Gasteiger charge is 2.20. The fourth-order valence-electron chi connectivity index (χ4n) is 3.32. The Morgan fingerprint density at radius 1 is 1.21 bits per heavy atom. The van der Waals surface area contributed by atoms with Gasteiger partial charge in [-0.15, -0.1) is 5.10 Å². The lowest BCUT2D eigenvalue weighted by Gasteiger charge is -2.18. The first kappa shape index (κ1) is 22.3. The monoisotopic (exact) mass is 447 g/mol. The minimum Gasteiger partial charge on any atom is -0.393 e. The zero-order valence-electron chi connectivity index (χ0n) is 18.6. The molecule has 11 heteroatoms. The number of hydrogen-bond acceptors (Lipinski definition) is 9. The summed E-state index contributed by atoms with van der Waals surface area (Å²) in [5.41, 5.74) is 2.09. The largest absolute Gasteiger partial charge is 0.393 e. The van der Waals surface area contributed by atoms with Crippen molar-refractivity contribution < 1.29 is 10.2 Å². The molecule has 11 nitrogen and oxygen atoms in total. The quantitative estimate of drug-likeness (QED) is 0.367. The fourth-order valence-corrected chi connectivity index (χ4v) is 3.32. The highest BCUT2D eigenvalue weighted by atomic mass is 16.3. The molecule has 0 saturated carbocycles. The van der Waals surface area contributed by atoms with Crippen LogP contribution in [0, 0.1) is 11.3 Å². The maximum absolute atomic E-state index is 10.0. The summed E-state index contributed by atoms with van der Waals surface area (Å²) in [7, 11) is 0. The number of aliphatic hydroxyl groups excluding tert-OH is 1. The van der Waals surface area contributed by atoms with Crippen LogP contribution in [0.4, 0.5) is 5.69 Å². The fraction of sp³-hybridized carbons (Fsp3) is 0.364. The number of fused-ring (bicyclic) bond motifs is 1. The molecule has 0 radical (unpaired) electrons. The second kappa shape index (κ2) is 8.93. The van der Waals surface area contributed by atoms with Crippen LogP contribution in [-0.4, -0.2) is 63.2 Å². The molecule has 0 aromatic carbocycles. The minimum absolute atomic E-state index is 0.146. The average molecular weight is 448 g/mol. The van der Waals surface area contributed by atoms with Crippen molar-refractivity contribution in [2.24, 2.45) is 0 Å². The zero-order chi connectivity index (χ0) is 23.6. The van der Waals surface area contributed by atoms with Crippen LogP contribution >= 0.6 is 0 Å². The van der Waals surface area contributed by atoms with Gasteiger partial charge in [0.2, 0.25) is 0 Å². The molecule has 4 aromatic heterocycles. The van der Waals surface area contributed by atoms with Crippen molar-refractivity contribution in [1.82, 2.24) is 34.7 Å². The van der Waals surface area contributed by atoms with Crippen LogP contribution in [0.15, 0.2) is 36.9 Å². The molecule has 0 bridgehead atoms. The SMILES string of the molecule is CC(C)Nc1cc(-n2ncc3cc(C#N)cnc32)ncc1-n1cc(CCC(C)(O)CO)nn1. The van der Waals surface area contributed by atoms with Crippen molar-refractivity contribution in [3.63, 3.8) is 0 Å². The molecule has 33 heavy (non-hydrogen) atoms. The zero-order valence-corrected chi connectivity index (χ0v) is 18.6. The normalized spacial score (nSPS) is 13.2. The minimum atomic E-state index is -1.16. The van der Waals surface area contributed by atoms with Crippen molar-refractivity contribution in [2.45, 2.75) is 45.3 Å². The summed E-state index contributed by atoms with van der Waals surface area (Å²) in [6, 6.07) is 5.82. The standard InChI is InChI=1S/C22H25N9O2/c1-14(2)27-18-7-20(31-21-16(10-26-31)6-15(8-23)9-25-21)24-11-19(18)30-12-17(28-29-30)4-5-22(3,33)13-32/h6-7,9-12,14,32-33H,4-5,13H2,1-3H3,(H,24,27). The number of aromatic nitrogens is 7. The third kappa shape index (κ3) is 4.82. The third-order valence-corrected chi connectivity index (χ3v) is 5.11. The van der Waals surface area contributed by atoms with Crippen molar-refractivity contribution in [1.29, 1.82) is 5.26 Å². The molecule has 0 amide bonds. The number of aliphatic hydroxyl groups is 2. The number of nitriles is 1.